The van der Waals surface area contributed by atoms with E-state index in [1.54, 1.807) is 22.7 Å². The van der Waals surface area contributed by atoms with Crippen molar-refractivity contribution in [3.8, 4) is 10.6 Å². The van der Waals surface area contributed by atoms with Gasteiger partial charge in [-0.3, -0.25) is 0 Å². The fourth-order valence-electron chi connectivity index (χ4n) is 3.42. The molecule has 1 atom stereocenters. The number of hydrogen-bond donors (Lipinski definition) is 2. The van der Waals surface area contributed by atoms with Gasteiger partial charge in [0.15, 0.2) is 0 Å². The molecule has 1 unspecified atom stereocenters. The number of para-hydroxylation sites is 1. The second-order valence-electron chi connectivity index (χ2n) is 7.82. The molecule has 3 aromatic rings. The van der Waals surface area contributed by atoms with E-state index in [1.807, 2.05) is 52.8 Å². The van der Waals surface area contributed by atoms with Crippen molar-refractivity contribution in [1.29, 1.82) is 0 Å². The Morgan fingerprint density at radius 1 is 1.24 bits per heavy atom. The van der Waals surface area contributed by atoms with E-state index in [1.165, 1.54) is 15.1 Å². The number of benzene rings is 1. The molecule has 0 saturated carbocycles. The van der Waals surface area contributed by atoms with E-state index in [0.717, 1.165) is 40.4 Å². The van der Waals surface area contributed by atoms with Crippen molar-refractivity contribution in [3.05, 3.63) is 34.7 Å². The SMILES string of the molecule is CC.CC(C)(C)OC(=O)NC1CCc2c(sc(N)c2-c2nc3ccccc3s2)C1. The number of thiazole rings is 1. The van der Waals surface area contributed by atoms with Crippen LogP contribution in [0.5, 0.6) is 0 Å². The number of alkyl carbamates (subject to hydrolysis) is 1. The van der Waals surface area contributed by atoms with Crippen LogP contribution >= 0.6 is 22.7 Å². The molecule has 1 aliphatic carbocycles. The van der Waals surface area contributed by atoms with E-state index in [4.69, 9.17) is 15.5 Å². The fraction of sp³-hybridized carbons (Fsp3) is 0.455. The number of rotatable bonds is 2. The van der Waals surface area contributed by atoms with Gasteiger partial charge in [0.05, 0.1) is 15.2 Å². The normalized spacial score (nSPS) is 16.0. The number of nitrogens with two attached hydrogens (primary N) is 1. The number of fused-ring (bicyclic) bond motifs is 2. The Hall–Kier alpha value is -2.12. The number of thiophene rings is 1. The standard InChI is InChI=1S/C20H23N3O2S2.C2H6/c1-20(2,3)25-19(24)22-11-8-9-12-15(10-11)26-17(21)16(12)18-23-13-6-4-5-7-14(13)27-18;1-2/h4-7,11H,8-10,21H2,1-3H3,(H,22,24);1-2H3. The number of aromatic nitrogens is 1. The van der Waals surface area contributed by atoms with E-state index < -0.39 is 5.60 Å². The molecule has 4 rings (SSSR count). The first-order valence-electron chi connectivity index (χ1n) is 10.1. The third-order valence-corrected chi connectivity index (χ3v) is 6.66. The van der Waals surface area contributed by atoms with E-state index in [-0.39, 0.29) is 12.1 Å². The summed E-state index contributed by atoms with van der Waals surface area (Å²) >= 11 is 3.30. The minimum Gasteiger partial charge on any atom is -0.444 e. The van der Waals surface area contributed by atoms with Crippen molar-refractivity contribution >= 4 is 44.0 Å². The number of nitrogen functional groups attached to an aromatic ring is 1. The number of nitrogens with one attached hydrogen (secondary N) is 1. The smallest absolute Gasteiger partial charge is 0.407 e. The van der Waals surface area contributed by atoms with Crippen LogP contribution in [-0.2, 0) is 17.6 Å². The Balaban J connectivity index is 0.00000117. The first-order valence-corrected chi connectivity index (χ1v) is 11.7. The molecule has 7 heteroatoms. The summed E-state index contributed by atoms with van der Waals surface area (Å²) in [5, 5.41) is 4.81. The molecule has 1 aliphatic rings. The highest BCUT2D eigenvalue weighted by Gasteiger charge is 2.28. The number of carbonyl (C=O) groups is 1. The monoisotopic (exact) mass is 431 g/mol. The number of amides is 1. The Bertz CT molecular complexity index is 968. The van der Waals surface area contributed by atoms with Gasteiger partial charge in [-0.1, -0.05) is 26.0 Å². The lowest BCUT2D eigenvalue weighted by molar-refractivity contribution is 0.0500. The lowest BCUT2D eigenvalue weighted by Crippen LogP contribution is -2.41. The van der Waals surface area contributed by atoms with Crippen LogP contribution in [0.4, 0.5) is 9.80 Å². The lowest BCUT2D eigenvalue weighted by Gasteiger charge is -2.26. The van der Waals surface area contributed by atoms with Gasteiger partial charge in [0.1, 0.15) is 10.6 Å². The van der Waals surface area contributed by atoms with Gasteiger partial charge in [0.25, 0.3) is 0 Å². The Morgan fingerprint density at radius 3 is 2.66 bits per heavy atom. The van der Waals surface area contributed by atoms with Crippen molar-refractivity contribution < 1.29 is 9.53 Å². The summed E-state index contributed by atoms with van der Waals surface area (Å²) in [4.78, 5) is 18.1. The fourth-order valence-corrected chi connectivity index (χ4v) is 5.73. The summed E-state index contributed by atoms with van der Waals surface area (Å²) in [6, 6.07) is 8.24. The molecule has 0 saturated heterocycles. The van der Waals surface area contributed by atoms with Gasteiger partial charge in [0.2, 0.25) is 0 Å². The van der Waals surface area contributed by atoms with E-state index >= 15 is 0 Å². The topological polar surface area (TPSA) is 77.2 Å². The number of carbonyl (C=O) groups excluding carboxylic acids is 1. The van der Waals surface area contributed by atoms with Crippen molar-refractivity contribution in [2.75, 3.05) is 5.73 Å². The van der Waals surface area contributed by atoms with Gasteiger partial charge in [0, 0.05) is 22.9 Å². The first kappa shape index (κ1) is 21.6. The maximum Gasteiger partial charge on any atom is 0.407 e. The summed E-state index contributed by atoms with van der Waals surface area (Å²) in [6.45, 7) is 9.61. The zero-order valence-electron chi connectivity index (χ0n) is 17.7. The molecule has 2 aromatic heterocycles. The third kappa shape index (κ3) is 4.90. The predicted octanol–water partition coefficient (Wildman–Crippen LogP) is 6.02. The Morgan fingerprint density at radius 2 is 1.97 bits per heavy atom. The van der Waals surface area contributed by atoms with Crippen LogP contribution < -0.4 is 11.1 Å². The quantitative estimate of drug-likeness (QED) is 0.520. The highest BCUT2D eigenvalue weighted by Crippen LogP contribution is 2.44. The van der Waals surface area contributed by atoms with E-state index in [9.17, 15) is 4.79 Å². The number of ether oxygens (including phenoxy) is 1. The van der Waals surface area contributed by atoms with Gasteiger partial charge >= 0.3 is 6.09 Å². The van der Waals surface area contributed by atoms with Crippen LogP contribution in [0.15, 0.2) is 24.3 Å². The summed E-state index contributed by atoms with van der Waals surface area (Å²) in [7, 11) is 0. The summed E-state index contributed by atoms with van der Waals surface area (Å²) in [5.41, 5.74) is 9.28. The average molecular weight is 432 g/mol. The minimum atomic E-state index is -0.489. The molecule has 0 radical (unpaired) electrons. The van der Waals surface area contributed by atoms with Gasteiger partial charge in [-0.15, -0.1) is 22.7 Å². The molecule has 29 heavy (non-hydrogen) atoms. The number of anilines is 1. The molecule has 0 bridgehead atoms. The van der Waals surface area contributed by atoms with Crippen LogP contribution in [0.3, 0.4) is 0 Å². The van der Waals surface area contributed by atoms with Gasteiger partial charge in [-0.2, -0.15) is 0 Å². The summed E-state index contributed by atoms with van der Waals surface area (Å²) in [5.74, 6) is 0. The molecule has 2 heterocycles. The zero-order chi connectivity index (χ0) is 21.2. The number of hydrogen-bond acceptors (Lipinski definition) is 6. The number of nitrogens with zero attached hydrogens (tertiary/aromatic N) is 1. The van der Waals surface area contributed by atoms with E-state index in [0.29, 0.717) is 0 Å². The maximum absolute atomic E-state index is 12.1. The van der Waals surface area contributed by atoms with Crippen LogP contribution in [0, 0.1) is 0 Å². The Labute approximate surface area is 180 Å². The average Bonchev–Trinajstić information content (AvgIpc) is 3.20. The largest absolute Gasteiger partial charge is 0.444 e. The van der Waals surface area contributed by atoms with E-state index in [2.05, 4.69) is 11.4 Å². The zero-order valence-corrected chi connectivity index (χ0v) is 19.3. The van der Waals surface area contributed by atoms with Gasteiger partial charge in [-0.25, -0.2) is 9.78 Å². The molecule has 156 valence electrons. The lowest BCUT2D eigenvalue weighted by atomic mass is 9.92. The molecule has 1 amide bonds. The predicted molar refractivity (Wildman–Crippen MR) is 124 cm³/mol. The van der Waals surface area contributed by atoms with Crippen LogP contribution in [0.2, 0.25) is 0 Å². The van der Waals surface area contributed by atoms with Crippen molar-refractivity contribution in [2.45, 2.75) is 65.5 Å². The third-order valence-electron chi connectivity index (χ3n) is 4.52. The summed E-state index contributed by atoms with van der Waals surface area (Å²) in [6.07, 6.45) is 2.19. The van der Waals surface area contributed by atoms with Gasteiger partial charge in [-0.05, 0) is 51.3 Å². The molecule has 0 spiro atoms. The molecule has 0 aliphatic heterocycles. The second-order valence-corrected chi connectivity index (χ2v) is 9.98. The Kier molecular flexibility index (Phi) is 6.49. The molecule has 3 N–H and O–H groups in total. The molecule has 1 aromatic carbocycles. The van der Waals surface area contributed by atoms with Crippen molar-refractivity contribution in [1.82, 2.24) is 10.3 Å². The van der Waals surface area contributed by atoms with Gasteiger partial charge < -0.3 is 15.8 Å². The maximum atomic E-state index is 12.1. The van der Waals surface area contributed by atoms with Crippen LogP contribution in [-0.4, -0.2) is 22.7 Å². The van der Waals surface area contributed by atoms with Crippen LogP contribution in [0.1, 0.15) is 51.5 Å². The molecule has 0 fully saturated rings. The highest BCUT2D eigenvalue weighted by molar-refractivity contribution is 7.22. The second kappa shape index (κ2) is 8.71. The minimum absolute atomic E-state index is 0.0774. The summed E-state index contributed by atoms with van der Waals surface area (Å²) < 4.78 is 6.55. The van der Waals surface area contributed by atoms with Crippen LogP contribution in [0.25, 0.3) is 20.8 Å². The van der Waals surface area contributed by atoms with Crippen molar-refractivity contribution in [3.63, 3.8) is 0 Å². The van der Waals surface area contributed by atoms with Crippen molar-refractivity contribution in [2.24, 2.45) is 0 Å². The molecular formula is C22H29N3O2S2. The highest BCUT2D eigenvalue weighted by atomic mass is 32.1. The first-order chi connectivity index (χ1) is 13.8. The molecule has 5 nitrogen and oxygen atoms in total. The molecular weight excluding hydrogens is 402 g/mol.